The number of hydrogen-bond acceptors (Lipinski definition) is 3. The van der Waals surface area contributed by atoms with Crippen LogP contribution >= 0.6 is 0 Å². The second kappa shape index (κ2) is 5.32. The number of aliphatic hydroxyl groups is 1. The Labute approximate surface area is 137 Å². The largest absolute Gasteiger partial charge is 0.387 e. The third kappa shape index (κ3) is 2.62. The molecule has 23 heavy (non-hydrogen) atoms. The van der Waals surface area contributed by atoms with Crippen molar-refractivity contribution in [2.75, 3.05) is 6.26 Å². The van der Waals surface area contributed by atoms with Gasteiger partial charge >= 0.3 is 0 Å². The fourth-order valence-electron chi connectivity index (χ4n) is 3.22. The molecule has 2 aromatic rings. The number of rotatable bonds is 3. The van der Waals surface area contributed by atoms with Gasteiger partial charge in [0.1, 0.15) is 0 Å². The number of sulfone groups is 1. The van der Waals surface area contributed by atoms with Crippen LogP contribution < -0.4 is 0 Å². The Morgan fingerprint density at radius 3 is 2.00 bits per heavy atom. The Morgan fingerprint density at radius 1 is 0.913 bits per heavy atom. The van der Waals surface area contributed by atoms with Gasteiger partial charge in [0.2, 0.25) is 0 Å². The third-order valence-electron chi connectivity index (χ3n) is 4.53. The minimum absolute atomic E-state index is 0.288. The number of hydrogen-bond donors (Lipinski definition) is 1. The van der Waals surface area contributed by atoms with Crippen LogP contribution in [-0.2, 0) is 9.84 Å². The van der Waals surface area contributed by atoms with Crippen molar-refractivity contribution in [2.24, 2.45) is 5.41 Å². The van der Waals surface area contributed by atoms with Gasteiger partial charge in [-0.05, 0) is 34.4 Å². The van der Waals surface area contributed by atoms with Gasteiger partial charge in [0.15, 0.2) is 9.84 Å². The highest BCUT2D eigenvalue weighted by Gasteiger charge is 2.46. The SMILES string of the molecule is CC1(C)C(c2ccccc2)=C(c2ccc(S(C)(=O)=O)cc2)C1O. The quantitative estimate of drug-likeness (QED) is 0.939. The van der Waals surface area contributed by atoms with E-state index in [2.05, 4.69) is 0 Å². The van der Waals surface area contributed by atoms with Gasteiger partial charge < -0.3 is 5.11 Å². The summed E-state index contributed by atoms with van der Waals surface area (Å²) < 4.78 is 23.2. The fraction of sp³-hybridized carbons (Fsp3) is 0.263. The fourth-order valence-corrected chi connectivity index (χ4v) is 3.85. The van der Waals surface area contributed by atoms with E-state index in [1.807, 2.05) is 44.2 Å². The van der Waals surface area contributed by atoms with Gasteiger partial charge in [-0.25, -0.2) is 8.42 Å². The van der Waals surface area contributed by atoms with E-state index in [0.29, 0.717) is 0 Å². The van der Waals surface area contributed by atoms with Crippen LogP contribution in [0.3, 0.4) is 0 Å². The number of benzene rings is 2. The van der Waals surface area contributed by atoms with Gasteiger partial charge in [-0.15, -0.1) is 0 Å². The molecular weight excluding hydrogens is 308 g/mol. The first-order valence-electron chi connectivity index (χ1n) is 7.51. The van der Waals surface area contributed by atoms with Crippen LogP contribution in [0.5, 0.6) is 0 Å². The van der Waals surface area contributed by atoms with Crippen LogP contribution in [-0.4, -0.2) is 25.9 Å². The van der Waals surface area contributed by atoms with Crippen molar-refractivity contribution < 1.29 is 13.5 Å². The normalized spacial score (nSPS) is 20.3. The zero-order chi connectivity index (χ0) is 16.8. The zero-order valence-electron chi connectivity index (χ0n) is 13.4. The van der Waals surface area contributed by atoms with Crippen molar-refractivity contribution in [1.82, 2.24) is 0 Å². The molecule has 0 aliphatic heterocycles. The first-order chi connectivity index (χ1) is 10.7. The van der Waals surface area contributed by atoms with Crippen LogP contribution in [0.25, 0.3) is 11.1 Å². The standard InChI is InChI=1S/C19H20O3S/c1-19(2)17(14-7-5-4-6-8-14)16(18(19)20)13-9-11-15(12-10-13)23(3,21)22/h4-12,18,20H,1-3H3. The highest BCUT2D eigenvalue weighted by Crippen LogP contribution is 2.55. The van der Waals surface area contributed by atoms with Gasteiger partial charge in [0.25, 0.3) is 0 Å². The molecule has 1 N–H and O–H groups in total. The maximum Gasteiger partial charge on any atom is 0.175 e. The maximum absolute atomic E-state index is 11.6. The Bertz CT molecular complexity index is 861. The Morgan fingerprint density at radius 2 is 1.48 bits per heavy atom. The molecule has 0 fully saturated rings. The topological polar surface area (TPSA) is 54.4 Å². The lowest BCUT2D eigenvalue weighted by atomic mass is 9.60. The number of aliphatic hydroxyl groups excluding tert-OH is 1. The van der Waals surface area contributed by atoms with Gasteiger partial charge in [-0.3, -0.25) is 0 Å². The minimum atomic E-state index is -3.21. The van der Waals surface area contributed by atoms with Crippen LogP contribution in [0, 0.1) is 5.41 Å². The van der Waals surface area contributed by atoms with Crippen molar-refractivity contribution in [2.45, 2.75) is 24.8 Å². The van der Waals surface area contributed by atoms with E-state index in [1.54, 1.807) is 24.3 Å². The molecule has 1 atom stereocenters. The van der Waals surface area contributed by atoms with Crippen molar-refractivity contribution in [3.8, 4) is 0 Å². The van der Waals surface area contributed by atoms with E-state index in [-0.39, 0.29) is 10.3 Å². The first-order valence-corrected chi connectivity index (χ1v) is 9.40. The molecular formula is C19H20O3S. The smallest absolute Gasteiger partial charge is 0.175 e. The zero-order valence-corrected chi connectivity index (χ0v) is 14.3. The Kier molecular flexibility index (Phi) is 3.69. The molecule has 1 unspecified atom stereocenters. The molecule has 2 aromatic carbocycles. The third-order valence-corrected chi connectivity index (χ3v) is 5.66. The molecule has 1 aliphatic rings. The summed E-state index contributed by atoms with van der Waals surface area (Å²) in [7, 11) is -3.21. The molecule has 0 amide bonds. The molecule has 0 heterocycles. The average Bonchev–Trinajstić information content (AvgIpc) is 2.52. The molecule has 0 bridgehead atoms. The molecule has 0 aromatic heterocycles. The molecule has 3 nitrogen and oxygen atoms in total. The molecule has 1 aliphatic carbocycles. The van der Waals surface area contributed by atoms with Crippen LogP contribution in [0.2, 0.25) is 0 Å². The van der Waals surface area contributed by atoms with Gasteiger partial charge in [-0.2, -0.15) is 0 Å². The van der Waals surface area contributed by atoms with Crippen LogP contribution in [0.1, 0.15) is 25.0 Å². The summed E-state index contributed by atoms with van der Waals surface area (Å²) in [5.74, 6) is 0. The van der Waals surface area contributed by atoms with Crippen LogP contribution in [0.15, 0.2) is 59.5 Å². The lowest BCUT2D eigenvalue weighted by Crippen LogP contribution is -2.41. The molecule has 0 spiro atoms. The molecule has 0 radical (unpaired) electrons. The van der Waals surface area contributed by atoms with Crippen molar-refractivity contribution in [1.29, 1.82) is 0 Å². The highest BCUT2D eigenvalue weighted by atomic mass is 32.2. The summed E-state index contributed by atoms with van der Waals surface area (Å²) in [6, 6.07) is 16.7. The lowest BCUT2D eigenvalue weighted by Gasteiger charge is -2.46. The van der Waals surface area contributed by atoms with E-state index in [0.717, 1.165) is 22.3 Å². The van der Waals surface area contributed by atoms with Crippen molar-refractivity contribution in [3.63, 3.8) is 0 Å². The maximum atomic E-state index is 11.6. The summed E-state index contributed by atoms with van der Waals surface area (Å²) in [5.41, 5.74) is 3.61. The summed E-state index contributed by atoms with van der Waals surface area (Å²) >= 11 is 0. The molecule has 3 rings (SSSR count). The van der Waals surface area contributed by atoms with Gasteiger partial charge in [0, 0.05) is 11.7 Å². The monoisotopic (exact) mass is 328 g/mol. The van der Waals surface area contributed by atoms with Crippen molar-refractivity contribution in [3.05, 3.63) is 65.7 Å². The minimum Gasteiger partial charge on any atom is -0.387 e. The van der Waals surface area contributed by atoms with E-state index < -0.39 is 15.9 Å². The highest BCUT2D eigenvalue weighted by molar-refractivity contribution is 7.90. The second-order valence-electron chi connectivity index (χ2n) is 6.58. The Balaban J connectivity index is 2.13. The summed E-state index contributed by atoms with van der Waals surface area (Å²) in [6.07, 6.45) is 0.625. The second-order valence-corrected chi connectivity index (χ2v) is 8.59. The van der Waals surface area contributed by atoms with Crippen LogP contribution in [0.4, 0.5) is 0 Å². The van der Waals surface area contributed by atoms with E-state index in [4.69, 9.17) is 0 Å². The summed E-state index contributed by atoms with van der Waals surface area (Å²) in [4.78, 5) is 0.288. The Hall–Kier alpha value is -1.91. The van der Waals surface area contributed by atoms with Gasteiger partial charge in [0.05, 0.1) is 11.0 Å². The molecule has 0 saturated carbocycles. The molecule has 120 valence electrons. The average molecular weight is 328 g/mol. The first kappa shape index (κ1) is 16.0. The van der Waals surface area contributed by atoms with E-state index in [9.17, 15) is 13.5 Å². The predicted molar refractivity (Wildman–Crippen MR) is 92.6 cm³/mol. The van der Waals surface area contributed by atoms with Gasteiger partial charge in [-0.1, -0.05) is 56.3 Å². The van der Waals surface area contributed by atoms with Crippen molar-refractivity contribution >= 4 is 21.0 Å². The lowest BCUT2D eigenvalue weighted by molar-refractivity contribution is 0.122. The summed E-state index contributed by atoms with van der Waals surface area (Å²) in [5, 5.41) is 10.6. The summed E-state index contributed by atoms with van der Waals surface area (Å²) in [6.45, 7) is 4.04. The molecule has 0 saturated heterocycles. The van der Waals surface area contributed by atoms with E-state index in [1.165, 1.54) is 6.26 Å². The molecule has 4 heteroatoms. The predicted octanol–water partition coefficient (Wildman–Crippen LogP) is 3.40. The van der Waals surface area contributed by atoms with E-state index >= 15 is 0 Å².